The van der Waals surface area contributed by atoms with Crippen LogP contribution in [0.4, 0.5) is 0 Å². The number of carbonyl (C=O) groups excluding carboxylic acids is 1. The fraction of sp³-hybridized carbons (Fsp3) is 0.786. The van der Waals surface area contributed by atoms with Crippen LogP contribution in [0.25, 0.3) is 0 Å². The molecule has 0 rings (SSSR count). The third-order valence-electron chi connectivity index (χ3n) is 8.85. The van der Waals surface area contributed by atoms with Crippen LogP contribution < -0.4 is 5.32 Å². The van der Waals surface area contributed by atoms with Gasteiger partial charge in [0.1, 0.15) is 0 Å². The highest BCUT2D eigenvalue weighted by Gasteiger charge is 2.19. The van der Waals surface area contributed by atoms with Crippen molar-refractivity contribution in [3.63, 3.8) is 0 Å². The zero-order valence-electron chi connectivity index (χ0n) is 30.6. The van der Waals surface area contributed by atoms with Crippen LogP contribution in [0.2, 0.25) is 0 Å². The van der Waals surface area contributed by atoms with E-state index in [1.54, 1.807) is 0 Å². The normalized spacial score (nSPS) is 13.6. The minimum absolute atomic E-state index is 0.0423. The zero-order valence-corrected chi connectivity index (χ0v) is 30.6. The smallest absolute Gasteiger partial charge is 0.220 e. The van der Waals surface area contributed by atoms with E-state index in [2.05, 4.69) is 67.8 Å². The second-order valence-electron chi connectivity index (χ2n) is 13.3. The first-order valence-corrected chi connectivity index (χ1v) is 19.8. The molecule has 0 aromatic rings. The van der Waals surface area contributed by atoms with Gasteiger partial charge in [0.25, 0.3) is 0 Å². The molecule has 0 fully saturated rings. The highest BCUT2D eigenvalue weighted by Crippen LogP contribution is 2.15. The zero-order chi connectivity index (χ0) is 33.6. The molecule has 0 saturated carbocycles. The lowest BCUT2D eigenvalue weighted by atomic mass is 10.0. The number of nitrogens with one attached hydrogen (secondary N) is 1. The number of hydrogen-bond donors (Lipinski definition) is 3. The van der Waals surface area contributed by atoms with Gasteiger partial charge in [0.2, 0.25) is 5.91 Å². The minimum Gasteiger partial charge on any atom is -0.394 e. The predicted molar refractivity (Wildman–Crippen MR) is 202 cm³/mol. The third kappa shape index (κ3) is 33.7. The average Bonchev–Trinajstić information content (AvgIpc) is 3.06. The lowest BCUT2D eigenvalue weighted by Crippen LogP contribution is -2.45. The molecule has 4 heteroatoms. The van der Waals surface area contributed by atoms with Crippen molar-refractivity contribution in [2.24, 2.45) is 0 Å². The van der Waals surface area contributed by atoms with Gasteiger partial charge in [-0.15, -0.1) is 0 Å². The fourth-order valence-corrected chi connectivity index (χ4v) is 5.82. The van der Waals surface area contributed by atoms with Crippen LogP contribution in [-0.2, 0) is 4.79 Å². The molecule has 0 aromatic carbocycles. The molecule has 0 heterocycles. The molecule has 0 aliphatic carbocycles. The first-order chi connectivity index (χ1) is 22.7. The molecule has 46 heavy (non-hydrogen) atoms. The van der Waals surface area contributed by atoms with E-state index in [1.807, 2.05) is 0 Å². The Hall–Kier alpha value is -1.65. The lowest BCUT2D eigenvalue weighted by molar-refractivity contribution is -0.123. The van der Waals surface area contributed by atoms with Crippen molar-refractivity contribution in [3.8, 4) is 0 Å². The summed E-state index contributed by atoms with van der Waals surface area (Å²) in [7, 11) is 0. The maximum Gasteiger partial charge on any atom is 0.220 e. The van der Waals surface area contributed by atoms with E-state index < -0.39 is 12.1 Å². The highest BCUT2D eigenvalue weighted by molar-refractivity contribution is 5.76. The molecule has 2 atom stereocenters. The van der Waals surface area contributed by atoms with Gasteiger partial charge >= 0.3 is 0 Å². The summed E-state index contributed by atoms with van der Waals surface area (Å²) in [5, 5.41) is 23.1. The summed E-state index contributed by atoms with van der Waals surface area (Å²) in [4.78, 5) is 12.4. The molecule has 2 unspecified atom stereocenters. The summed E-state index contributed by atoms with van der Waals surface area (Å²) in [5.74, 6) is -0.0423. The van der Waals surface area contributed by atoms with Gasteiger partial charge in [0, 0.05) is 6.42 Å². The van der Waals surface area contributed by atoms with Crippen LogP contribution in [0, 0.1) is 0 Å². The van der Waals surface area contributed by atoms with E-state index in [4.69, 9.17) is 0 Å². The van der Waals surface area contributed by atoms with Gasteiger partial charge in [-0.25, -0.2) is 0 Å². The van der Waals surface area contributed by atoms with Crippen LogP contribution in [0.1, 0.15) is 194 Å². The Balaban J connectivity index is 3.58. The topological polar surface area (TPSA) is 69.6 Å². The van der Waals surface area contributed by atoms with Crippen LogP contribution in [0.15, 0.2) is 48.6 Å². The first-order valence-electron chi connectivity index (χ1n) is 19.8. The summed E-state index contributed by atoms with van der Waals surface area (Å²) in [6, 6.07) is -0.540. The van der Waals surface area contributed by atoms with Gasteiger partial charge in [-0.3, -0.25) is 4.79 Å². The standard InChI is InChI=1S/C42H77NO3/c1-3-5-7-9-11-13-15-17-18-19-20-21-22-23-24-26-28-30-32-34-36-38-42(46)43-40(39-44)41(45)37-35-33-31-29-27-25-16-14-12-10-8-6-4-2/h5,7,11,13,17-18,20-21,40-41,44-45H,3-4,6,8-10,12,14-16,19,22-39H2,1-2H3,(H,43,46)/b7-5-,13-11-,18-17-,21-20-. The molecule has 1 amide bonds. The Bertz CT molecular complexity index is 741. The van der Waals surface area contributed by atoms with Gasteiger partial charge in [-0.1, -0.05) is 184 Å². The van der Waals surface area contributed by atoms with E-state index in [-0.39, 0.29) is 12.5 Å². The summed E-state index contributed by atoms with van der Waals surface area (Å²) in [5.41, 5.74) is 0. The van der Waals surface area contributed by atoms with E-state index in [0.717, 1.165) is 51.4 Å². The first kappa shape index (κ1) is 44.4. The summed E-state index contributed by atoms with van der Waals surface area (Å²) >= 11 is 0. The molecular weight excluding hydrogens is 566 g/mol. The Labute approximate surface area is 286 Å². The van der Waals surface area contributed by atoms with Crippen molar-refractivity contribution < 1.29 is 15.0 Å². The Morgan fingerprint density at radius 3 is 1.43 bits per heavy atom. The second-order valence-corrected chi connectivity index (χ2v) is 13.3. The second kappa shape index (κ2) is 37.8. The van der Waals surface area contributed by atoms with E-state index >= 15 is 0 Å². The lowest BCUT2D eigenvalue weighted by Gasteiger charge is -2.22. The van der Waals surface area contributed by atoms with Crippen molar-refractivity contribution in [2.45, 2.75) is 206 Å². The summed E-state index contributed by atoms with van der Waals surface area (Å²) in [6.45, 7) is 4.23. The van der Waals surface area contributed by atoms with Crippen molar-refractivity contribution in [1.29, 1.82) is 0 Å². The maximum atomic E-state index is 12.4. The van der Waals surface area contributed by atoms with Crippen LogP contribution >= 0.6 is 0 Å². The molecule has 268 valence electrons. The third-order valence-corrected chi connectivity index (χ3v) is 8.85. The molecule has 0 spiro atoms. The number of amides is 1. The highest BCUT2D eigenvalue weighted by atomic mass is 16.3. The minimum atomic E-state index is -0.662. The predicted octanol–water partition coefficient (Wildman–Crippen LogP) is 12.0. The van der Waals surface area contributed by atoms with Gasteiger partial charge < -0.3 is 15.5 Å². The number of carbonyl (C=O) groups is 1. The van der Waals surface area contributed by atoms with Crippen LogP contribution in [-0.4, -0.2) is 34.9 Å². The number of allylic oxidation sites excluding steroid dienone is 8. The Morgan fingerprint density at radius 2 is 0.957 bits per heavy atom. The van der Waals surface area contributed by atoms with Gasteiger partial charge in [-0.05, 0) is 51.4 Å². The molecule has 4 nitrogen and oxygen atoms in total. The quantitative estimate of drug-likeness (QED) is 0.0475. The number of hydrogen-bond acceptors (Lipinski definition) is 3. The van der Waals surface area contributed by atoms with E-state index in [9.17, 15) is 15.0 Å². The summed E-state index contributed by atoms with van der Waals surface area (Å²) < 4.78 is 0. The molecule has 0 aliphatic heterocycles. The van der Waals surface area contributed by atoms with Crippen molar-refractivity contribution in [1.82, 2.24) is 5.32 Å². The Kier molecular flexibility index (Phi) is 36.4. The molecule has 0 radical (unpaired) electrons. The van der Waals surface area contributed by atoms with E-state index in [0.29, 0.717) is 12.8 Å². The van der Waals surface area contributed by atoms with Crippen molar-refractivity contribution in [2.75, 3.05) is 6.61 Å². The average molecular weight is 644 g/mol. The fourth-order valence-electron chi connectivity index (χ4n) is 5.82. The van der Waals surface area contributed by atoms with Crippen molar-refractivity contribution >= 4 is 5.91 Å². The van der Waals surface area contributed by atoms with Gasteiger partial charge in [0.05, 0.1) is 18.8 Å². The molecule has 3 N–H and O–H groups in total. The van der Waals surface area contributed by atoms with Gasteiger partial charge in [0.15, 0.2) is 0 Å². The molecular formula is C42H77NO3. The van der Waals surface area contributed by atoms with Crippen molar-refractivity contribution in [3.05, 3.63) is 48.6 Å². The maximum absolute atomic E-state index is 12.4. The van der Waals surface area contributed by atoms with E-state index in [1.165, 1.54) is 116 Å². The number of aliphatic hydroxyl groups is 2. The largest absolute Gasteiger partial charge is 0.394 e. The molecule has 0 saturated heterocycles. The van der Waals surface area contributed by atoms with Crippen LogP contribution in [0.5, 0.6) is 0 Å². The molecule has 0 bridgehead atoms. The SMILES string of the molecule is CC/C=C\C/C=C\C/C=C\C/C=C\CCCCCCCCCCC(=O)NC(CO)C(O)CCCCCCCCCCCCCCC. The monoisotopic (exact) mass is 644 g/mol. The van der Waals surface area contributed by atoms with Gasteiger partial charge in [-0.2, -0.15) is 0 Å². The summed E-state index contributed by atoms with van der Waals surface area (Å²) in [6.07, 6.45) is 50.2. The number of rotatable bonds is 35. The van der Waals surface area contributed by atoms with Crippen LogP contribution in [0.3, 0.4) is 0 Å². The molecule has 0 aliphatic rings. The number of unbranched alkanes of at least 4 members (excludes halogenated alkanes) is 20. The Morgan fingerprint density at radius 1 is 0.543 bits per heavy atom. The molecule has 0 aromatic heterocycles. The number of aliphatic hydroxyl groups excluding tert-OH is 2.